The van der Waals surface area contributed by atoms with Crippen LogP contribution in [0, 0.1) is 0 Å². The largest absolute Gasteiger partial charge is 0.332 e. The van der Waals surface area contributed by atoms with Gasteiger partial charge in [-0.3, -0.25) is 0 Å². The van der Waals surface area contributed by atoms with E-state index in [4.69, 9.17) is 0 Å². The summed E-state index contributed by atoms with van der Waals surface area (Å²) in [6.07, 6.45) is 6.08. The van der Waals surface area contributed by atoms with Crippen molar-refractivity contribution in [2.75, 3.05) is 7.05 Å². The lowest BCUT2D eigenvalue weighted by molar-refractivity contribution is 0.173. The Morgan fingerprint density at radius 3 is 2.94 bits per heavy atom. The van der Waals surface area contributed by atoms with Crippen molar-refractivity contribution in [2.45, 2.75) is 44.7 Å². The Morgan fingerprint density at radius 1 is 1.53 bits per heavy atom. The van der Waals surface area contributed by atoms with E-state index < -0.39 is 0 Å². The van der Waals surface area contributed by atoms with Crippen LogP contribution in [0.4, 0.5) is 4.79 Å². The van der Waals surface area contributed by atoms with E-state index in [0.29, 0.717) is 12.6 Å². The lowest BCUT2D eigenvalue weighted by Gasteiger charge is -2.31. The summed E-state index contributed by atoms with van der Waals surface area (Å²) in [7, 11) is 1.90. The number of amides is 2. The molecule has 1 aromatic heterocycles. The molecule has 1 aliphatic rings. The Balaban J connectivity index is 1.78. The molecular formula is C12H19N3OS. The molecule has 1 fully saturated rings. The molecule has 0 aliphatic heterocycles. The molecule has 2 rings (SSSR count). The summed E-state index contributed by atoms with van der Waals surface area (Å²) in [5.41, 5.74) is 2.71. The fourth-order valence-corrected chi connectivity index (χ4v) is 2.81. The number of carbonyl (C=O) groups excluding carboxylic acids is 1. The highest BCUT2D eigenvalue weighted by Gasteiger charge is 2.21. The molecule has 0 unspecified atom stereocenters. The number of nitrogens with one attached hydrogen (secondary N) is 1. The zero-order valence-corrected chi connectivity index (χ0v) is 11.0. The van der Waals surface area contributed by atoms with Crippen molar-refractivity contribution in [1.82, 2.24) is 15.2 Å². The molecule has 94 valence electrons. The minimum Gasteiger partial charge on any atom is -0.332 e. The molecule has 17 heavy (non-hydrogen) atoms. The molecule has 1 heterocycles. The monoisotopic (exact) mass is 253 g/mol. The molecule has 0 atom stereocenters. The molecule has 0 bridgehead atoms. The highest BCUT2D eigenvalue weighted by molar-refractivity contribution is 7.07. The van der Waals surface area contributed by atoms with Gasteiger partial charge in [0.1, 0.15) is 0 Å². The van der Waals surface area contributed by atoms with E-state index in [2.05, 4.69) is 10.3 Å². The summed E-state index contributed by atoms with van der Waals surface area (Å²) in [6, 6.07) is 0.434. The first-order valence-corrected chi connectivity index (χ1v) is 7.09. The van der Waals surface area contributed by atoms with Crippen molar-refractivity contribution >= 4 is 17.4 Å². The maximum Gasteiger partial charge on any atom is 0.317 e. The van der Waals surface area contributed by atoms with E-state index in [1.165, 1.54) is 19.3 Å². The van der Waals surface area contributed by atoms with Crippen LogP contribution in [0.1, 0.15) is 37.8 Å². The molecular weight excluding hydrogens is 234 g/mol. The van der Waals surface area contributed by atoms with E-state index >= 15 is 0 Å². The second kappa shape index (κ2) is 6.00. The van der Waals surface area contributed by atoms with E-state index in [9.17, 15) is 4.79 Å². The van der Waals surface area contributed by atoms with Crippen LogP contribution in [0.25, 0.3) is 0 Å². The van der Waals surface area contributed by atoms with Crippen molar-refractivity contribution in [3.05, 3.63) is 16.6 Å². The van der Waals surface area contributed by atoms with Gasteiger partial charge < -0.3 is 10.2 Å². The topological polar surface area (TPSA) is 45.2 Å². The predicted molar refractivity (Wildman–Crippen MR) is 69.0 cm³/mol. The van der Waals surface area contributed by atoms with Gasteiger partial charge in [-0.15, -0.1) is 11.3 Å². The third-order valence-corrected chi connectivity index (χ3v) is 3.98. The number of hydrogen-bond donors (Lipinski definition) is 1. The number of carbonyl (C=O) groups is 1. The SMILES string of the molecule is CN(C(=O)NCc1cscn1)C1CCCCC1. The van der Waals surface area contributed by atoms with Crippen LogP contribution < -0.4 is 5.32 Å². The van der Waals surface area contributed by atoms with Gasteiger partial charge in [-0.1, -0.05) is 19.3 Å². The second-order valence-electron chi connectivity index (χ2n) is 4.54. The minimum atomic E-state index is 0.0184. The second-order valence-corrected chi connectivity index (χ2v) is 5.26. The molecule has 2 amide bonds. The molecule has 4 nitrogen and oxygen atoms in total. The van der Waals surface area contributed by atoms with Crippen molar-refractivity contribution in [1.29, 1.82) is 0 Å². The van der Waals surface area contributed by atoms with E-state index in [1.54, 1.807) is 16.8 Å². The van der Waals surface area contributed by atoms with Crippen LogP contribution in [0.15, 0.2) is 10.9 Å². The Kier molecular flexibility index (Phi) is 4.36. The summed E-state index contributed by atoms with van der Waals surface area (Å²) in [6.45, 7) is 0.527. The van der Waals surface area contributed by atoms with Crippen LogP contribution in [-0.2, 0) is 6.54 Å². The van der Waals surface area contributed by atoms with Crippen LogP contribution in [0.3, 0.4) is 0 Å². The molecule has 0 radical (unpaired) electrons. The van der Waals surface area contributed by atoms with Gasteiger partial charge in [-0.25, -0.2) is 9.78 Å². The number of thiazole rings is 1. The van der Waals surface area contributed by atoms with Crippen molar-refractivity contribution in [3.63, 3.8) is 0 Å². The first kappa shape index (κ1) is 12.4. The molecule has 0 aromatic carbocycles. The van der Waals surface area contributed by atoms with E-state index in [0.717, 1.165) is 18.5 Å². The number of aromatic nitrogens is 1. The number of urea groups is 1. The number of rotatable bonds is 3. The quantitative estimate of drug-likeness (QED) is 0.900. The maximum absolute atomic E-state index is 11.9. The third kappa shape index (κ3) is 3.43. The van der Waals surface area contributed by atoms with Crippen LogP contribution in [-0.4, -0.2) is 29.0 Å². The summed E-state index contributed by atoms with van der Waals surface area (Å²) in [5.74, 6) is 0. The van der Waals surface area contributed by atoms with Gasteiger partial charge in [0, 0.05) is 18.5 Å². The van der Waals surface area contributed by atoms with Gasteiger partial charge in [0.25, 0.3) is 0 Å². The standard InChI is InChI=1S/C12H19N3OS/c1-15(11-5-3-2-4-6-11)12(16)13-7-10-8-17-9-14-10/h8-9,11H,2-7H2,1H3,(H,13,16). The van der Waals surface area contributed by atoms with Gasteiger partial charge in [0.05, 0.1) is 17.7 Å². The average molecular weight is 253 g/mol. The van der Waals surface area contributed by atoms with Gasteiger partial charge >= 0.3 is 6.03 Å². The molecule has 5 heteroatoms. The first-order chi connectivity index (χ1) is 8.27. The predicted octanol–water partition coefficient (Wildman–Crippen LogP) is 2.62. The van der Waals surface area contributed by atoms with Gasteiger partial charge in [0.15, 0.2) is 0 Å². The zero-order chi connectivity index (χ0) is 12.1. The molecule has 1 aromatic rings. The lowest BCUT2D eigenvalue weighted by Crippen LogP contribution is -2.44. The third-order valence-electron chi connectivity index (χ3n) is 3.35. The maximum atomic E-state index is 11.9. The summed E-state index contributed by atoms with van der Waals surface area (Å²) in [5, 5.41) is 4.87. The number of nitrogens with zero attached hydrogens (tertiary/aromatic N) is 2. The van der Waals surface area contributed by atoms with Crippen LogP contribution in [0.5, 0.6) is 0 Å². The normalized spacial score (nSPS) is 16.8. The summed E-state index contributed by atoms with van der Waals surface area (Å²) < 4.78 is 0. The summed E-state index contributed by atoms with van der Waals surface area (Å²) in [4.78, 5) is 17.9. The van der Waals surface area contributed by atoms with Gasteiger partial charge in [-0.05, 0) is 12.8 Å². The molecule has 0 saturated heterocycles. The summed E-state index contributed by atoms with van der Waals surface area (Å²) >= 11 is 1.55. The fraction of sp³-hybridized carbons (Fsp3) is 0.667. The van der Waals surface area contributed by atoms with E-state index in [-0.39, 0.29) is 6.03 Å². The van der Waals surface area contributed by atoms with Crippen LogP contribution >= 0.6 is 11.3 Å². The zero-order valence-electron chi connectivity index (χ0n) is 10.2. The smallest absolute Gasteiger partial charge is 0.317 e. The van der Waals surface area contributed by atoms with E-state index in [1.807, 2.05) is 17.3 Å². The molecule has 0 spiro atoms. The number of hydrogen-bond acceptors (Lipinski definition) is 3. The average Bonchev–Trinajstić information content (AvgIpc) is 2.89. The van der Waals surface area contributed by atoms with Gasteiger partial charge in [0.2, 0.25) is 0 Å². The van der Waals surface area contributed by atoms with Crippen molar-refractivity contribution in [3.8, 4) is 0 Å². The highest BCUT2D eigenvalue weighted by Crippen LogP contribution is 2.21. The first-order valence-electron chi connectivity index (χ1n) is 6.15. The molecule has 1 saturated carbocycles. The fourth-order valence-electron chi connectivity index (χ4n) is 2.25. The molecule has 1 aliphatic carbocycles. The Hall–Kier alpha value is -1.10. The Labute approximate surface area is 106 Å². The van der Waals surface area contributed by atoms with Crippen LogP contribution in [0.2, 0.25) is 0 Å². The highest BCUT2D eigenvalue weighted by atomic mass is 32.1. The minimum absolute atomic E-state index is 0.0184. The Morgan fingerprint density at radius 2 is 2.29 bits per heavy atom. The lowest BCUT2D eigenvalue weighted by atomic mass is 9.95. The molecule has 1 N–H and O–H groups in total. The Bertz CT molecular complexity index is 347. The van der Waals surface area contributed by atoms with Crippen molar-refractivity contribution in [2.24, 2.45) is 0 Å². The van der Waals surface area contributed by atoms with Gasteiger partial charge in [-0.2, -0.15) is 0 Å². The van der Waals surface area contributed by atoms with Crippen molar-refractivity contribution < 1.29 is 4.79 Å².